The summed E-state index contributed by atoms with van der Waals surface area (Å²) in [6.45, 7) is 5.66. The van der Waals surface area contributed by atoms with Gasteiger partial charge >= 0.3 is 0 Å². The molecule has 0 aromatic carbocycles. The Hall–Kier alpha value is -2.95. The van der Waals surface area contributed by atoms with Crippen molar-refractivity contribution >= 4 is 5.91 Å². The molecule has 1 fully saturated rings. The molecular weight excluding hydrogens is 416 g/mol. The zero-order valence-electron chi connectivity index (χ0n) is 19.6. The highest BCUT2D eigenvalue weighted by Gasteiger charge is 2.34. The van der Waals surface area contributed by atoms with Gasteiger partial charge in [0.25, 0.3) is 5.91 Å². The van der Waals surface area contributed by atoms with Crippen molar-refractivity contribution in [3.05, 3.63) is 53.5 Å². The molecule has 1 saturated carbocycles. The largest absolute Gasteiger partial charge is 0.472 e. The van der Waals surface area contributed by atoms with Crippen LogP contribution in [-0.4, -0.2) is 69.7 Å². The van der Waals surface area contributed by atoms with Gasteiger partial charge in [0.1, 0.15) is 11.7 Å². The predicted octanol–water partition coefficient (Wildman–Crippen LogP) is 2.59. The summed E-state index contributed by atoms with van der Waals surface area (Å²) in [4.78, 5) is 26.3. The maximum Gasteiger partial charge on any atom is 0.259 e. The van der Waals surface area contributed by atoms with Crippen LogP contribution < -0.4 is 4.74 Å². The van der Waals surface area contributed by atoms with E-state index in [1.54, 1.807) is 23.4 Å². The molecule has 33 heavy (non-hydrogen) atoms. The lowest BCUT2D eigenvalue weighted by Gasteiger charge is -2.37. The van der Waals surface area contributed by atoms with Gasteiger partial charge in [-0.15, -0.1) is 0 Å². The van der Waals surface area contributed by atoms with Crippen LogP contribution >= 0.6 is 0 Å². The third kappa shape index (κ3) is 5.89. The summed E-state index contributed by atoms with van der Waals surface area (Å²) in [6, 6.07) is 7.36. The Morgan fingerprint density at radius 3 is 2.85 bits per heavy atom. The summed E-state index contributed by atoms with van der Waals surface area (Å²) in [6.07, 6.45) is 5.57. The van der Waals surface area contributed by atoms with Crippen LogP contribution in [0.5, 0.6) is 5.88 Å². The van der Waals surface area contributed by atoms with E-state index in [0.29, 0.717) is 42.6 Å². The molecule has 1 aliphatic carbocycles. The Balaban J connectivity index is 1.60. The van der Waals surface area contributed by atoms with Crippen molar-refractivity contribution in [3.8, 4) is 17.7 Å². The minimum atomic E-state index is -0.306. The Morgan fingerprint density at radius 2 is 2.15 bits per heavy atom. The highest BCUT2D eigenvalue weighted by molar-refractivity contribution is 5.97. The van der Waals surface area contributed by atoms with Crippen molar-refractivity contribution in [2.45, 2.75) is 45.4 Å². The number of rotatable bonds is 6. The SMILES string of the molecule is C[C@H]1CN([C@@H](C)CO)C(=O)c2cc(C#CC3CC3)cnc2O[C@H]1CN(C)Cc1ccccn1. The van der Waals surface area contributed by atoms with E-state index in [4.69, 9.17) is 4.74 Å². The topological polar surface area (TPSA) is 78.8 Å². The van der Waals surface area contributed by atoms with E-state index in [0.717, 1.165) is 18.5 Å². The molecule has 1 aliphatic heterocycles. The zero-order chi connectivity index (χ0) is 23.4. The Morgan fingerprint density at radius 1 is 1.33 bits per heavy atom. The first-order chi connectivity index (χ1) is 15.9. The van der Waals surface area contributed by atoms with Crippen LogP contribution in [0.1, 0.15) is 48.3 Å². The summed E-state index contributed by atoms with van der Waals surface area (Å²) in [7, 11) is 2.04. The van der Waals surface area contributed by atoms with Gasteiger partial charge in [-0.3, -0.25) is 14.7 Å². The minimum absolute atomic E-state index is 0.0402. The Labute approximate surface area is 195 Å². The first-order valence-corrected chi connectivity index (χ1v) is 11.6. The van der Waals surface area contributed by atoms with Crippen LogP contribution in [0.4, 0.5) is 0 Å². The second-order valence-electron chi connectivity index (χ2n) is 9.26. The number of pyridine rings is 2. The standard InChI is InChI=1S/C26H32N4O3/c1-18-14-30(19(2)17-31)26(32)23-12-21(10-9-20-7-8-20)13-28-25(23)33-24(18)16-29(3)15-22-6-4-5-11-27-22/h4-6,11-13,18-20,24,31H,7-8,14-17H2,1-3H3/t18-,19-,24-/m0/s1. The lowest BCUT2D eigenvalue weighted by atomic mass is 10.00. The third-order valence-electron chi connectivity index (χ3n) is 6.17. The van der Waals surface area contributed by atoms with Crippen LogP contribution in [0, 0.1) is 23.7 Å². The fourth-order valence-corrected chi connectivity index (χ4v) is 3.94. The number of carbonyl (C=O) groups is 1. The van der Waals surface area contributed by atoms with E-state index in [2.05, 4.69) is 33.6 Å². The van der Waals surface area contributed by atoms with E-state index in [-0.39, 0.29) is 30.6 Å². The molecule has 0 spiro atoms. The summed E-state index contributed by atoms with van der Waals surface area (Å²) in [5.41, 5.74) is 2.11. The fourth-order valence-electron chi connectivity index (χ4n) is 3.94. The smallest absolute Gasteiger partial charge is 0.259 e. The quantitative estimate of drug-likeness (QED) is 0.685. The van der Waals surface area contributed by atoms with Crippen molar-refractivity contribution in [1.82, 2.24) is 19.8 Å². The highest BCUT2D eigenvalue weighted by Crippen LogP contribution is 2.29. The first-order valence-electron chi connectivity index (χ1n) is 11.6. The summed E-state index contributed by atoms with van der Waals surface area (Å²) in [5, 5.41) is 9.81. The molecule has 0 saturated heterocycles. The van der Waals surface area contributed by atoms with Crippen LogP contribution in [0.3, 0.4) is 0 Å². The fraction of sp³-hybridized carbons (Fsp3) is 0.500. The summed E-state index contributed by atoms with van der Waals surface area (Å²) in [5.74, 6) is 7.02. The maximum atomic E-state index is 13.4. The van der Waals surface area contributed by atoms with E-state index < -0.39 is 0 Å². The highest BCUT2D eigenvalue weighted by atomic mass is 16.5. The molecule has 7 nitrogen and oxygen atoms in total. The van der Waals surface area contributed by atoms with Crippen molar-refractivity contribution in [2.24, 2.45) is 11.8 Å². The number of aromatic nitrogens is 2. The van der Waals surface area contributed by atoms with Gasteiger partial charge in [0.05, 0.1) is 18.3 Å². The number of aliphatic hydroxyl groups excluding tert-OH is 1. The number of carbonyl (C=O) groups excluding carboxylic acids is 1. The Bertz CT molecular complexity index is 1030. The number of ether oxygens (including phenoxy) is 1. The third-order valence-corrected chi connectivity index (χ3v) is 6.17. The normalized spacial score (nSPS) is 21.4. The van der Waals surface area contributed by atoms with Gasteiger partial charge in [0.15, 0.2) is 0 Å². The molecular formula is C26H32N4O3. The molecule has 4 rings (SSSR count). The van der Waals surface area contributed by atoms with E-state index in [1.165, 1.54) is 0 Å². The molecule has 0 bridgehead atoms. The first kappa shape index (κ1) is 23.2. The van der Waals surface area contributed by atoms with Crippen molar-refractivity contribution in [2.75, 3.05) is 26.7 Å². The van der Waals surface area contributed by atoms with Crippen molar-refractivity contribution < 1.29 is 14.6 Å². The van der Waals surface area contributed by atoms with E-state index in [9.17, 15) is 9.90 Å². The number of likely N-dealkylation sites (N-methyl/N-ethyl adjacent to an activating group) is 1. The number of hydrogen-bond donors (Lipinski definition) is 1. The van der Waals surface area contributed by atoms with Gasteiger partial charge in [-0.2, -0.15) is 0 Å². The lowest BCUT2D eigenvalue weighted by molar-refractivity contribution is 0.0324. The second-order valence-corrected chi connectivity index (χ2v) is 9.26. The van der Waals surface area contributed by atoms with Gasteiger partial charge < -0.3 is 14.7 Å². The summed E-state index contributed by atoms with van der Waals surface area (Å²) < 4.78 is 6.35. The Kier molecular flexibility index (Phi) is 7.26. The molecule has 1 amide bonds. The van der Waals surface area contributed by atoms with Crippen LogP contribution in [0.15, 0.2) is 36.7 Å². The van der Waals surface area contributed by atoms with Crippen molar-refractivity contribution in [1.29, 1.82) is 0 Å². The molecule has 0 radical (unpaired) electrons. The molecule has 2 aromatic heterocycles. The average molecular weight is 449 g/mol. The molecule has 2 aromatic rings. The minimum Gasteiger partial charge on any atom is -0.472 e. The lowest BCUT2D eigenvalue weighted by Crippen LogP contribution is -2.49. The van der Waals surface area contributed by atoms with E-state index >= 15 is 0 Å². The van der Waals surface area contributed by atoms with Gasteiger partial charge in [-0.1, -0.05) is 24.8 Å². The molecule has 7 heteroatoms. The number of nitrogens with zero attached hydrogens (tertiary/aromatic N) is 4. The van der Waals surface area contributed by atoms with Crippen LogP contribution in [-0.2, 0) is 6.54 Å². The number of hydrogen-bond acceptors (Lipinski definition) is 6. The molecule has 3 atom stereocenters. The van der Waals surface area contributed by atoms with E-state index in [1.807, 2.05) is 32.2 Å². The molecule has 174 valence electrons. The number of amides is 1. The molecule has 2 aliphatic rings. The summed E-state index contributed by atoms with van der Waals surface area (Å²) >= 11 is 0. The number of aliphatic hydroxyl groups is 1. The predicted molar refractivity (Wildman–Crippen MR) is 126 cm³/mol. The zero-order valence-corrected chi connectivity index (χ0v) is 19.6. The molecule has 0 unspecified atom stereocenters. The van der Waals surface area contributed by atoms with Crippen molar-refractivity contribution in [3.63, 3.8) is 0 Å². The monoisotopic (exact) mass is 448 g/mol. The van der Waals surface area contributed by atoms with Gasteiger partial charge in [0.2, 0.25) is 5.88 Å². The van der Waals surface area contributed by atoms with Crippen LogP contribution in [0.2, 0.25) is 0 Å². The number of fused-ring (bicyclic) bond motifs is 1. The van der Waals surface area contributed by atoms with Crippen LogP contribution in [0.25, 0.3) is 0 Å². The second kappa shape index (κ2) is 10.3. The molecule has 1 N–H and O–H groups in total. The van der Waals surface area contributed by atoms with Gasteiger partial charge in [-0.05, 0) is 45.0 Å². The van der Waals surface area contributed by atoms with Gasteiger partial charge in [0, 0.05) is 49.4 Å². The molecule has 3 heterocycles. The van der Waals surface area contributed by atoms with Gasteiger partial charge in [-0.25, -0.2) is 4.98 Å². The average Bonchev–Trinajstić information content (AvgIpc) is 3.65. The maximum absolute atomic E-state index is 13.4.